The minimum Gasteiger partial charge on any atom is -0.497 e. The van der Waals surface area contributed by atoms with Gasteiger partial charge >= 0.3 is 0 Å². The molecular formula is C21H24N4O3. The average Bonchev–Trinajstić information content (AvgIpc) is 2.69. The van der Waals surface area contributed by atoms with Gasteiger partial charge in [0.1, 0.15) is 17.0 Å². The Kier molecular flexibility index (Phi) is 5.75. The molecule has 2 aromatic heterocycles. The number of benzene rings is 1. The molecular weight excluding hydrogens is 356 g/mol. The highest BCUT2D eigenvalue weighted by atomic mass is 16.5. The van der Waals surface area contributed by atoms with E-state index in [0.717, 1.165) is 16.9 Å². The van der Waals surface area contributed by atoms with Gasteiger partial charge in [-0.15, -0.1) is 0 Å². The molecule has 1 amide bonds. The van der Waals surface area contributed by atoms with Crippen molar-refractivity contribution in [1.82, 2.24) is 19.6 Å². The summed E-state index contributed by atoms with van der Waals surface area (Å²) in [5, 5.41) is 2.86. The molecule has 7 nitrogen and oxygen atoms in total. The van der Waals surface area contributed by atoms with Crippen LogP contribution in [0.1, 0.15) is 27.5 Å². The van der Waals surface area contributed by atoms with Gasteiger partial charge in [-0.25, -0.2) is 4.98 Å². The van der Waals surface area contributed by atoms with Crippen molar-refractivity contribution in [2.45, 2.75) is 13.0 Å². The van der Waals surface area contributed by atoms with Crippen LogP contribution in [0.4, 0.5) is 0 Å². The topological polar surface area (TPSA) is 75.9 Å². The highest BCUT2D eigenvalue weighted by Crippen LogP contribution is 2.20. The number of ether oxygens (including phenoxy) is 1. The lowest BCUT2D eigenvalue weighted by molar-refractivity contribution is 0.0940. The van der Waals surface area contributed by atoms with Crippen molar-refractivity contribution in [1.29, 1.82) is 0 Å². The lowest BCUT2D eigenvalue weighted by Gasteiger charge is -2.25. The van der Waals surface area contributed by atoms with Gasteiger partial charge in [-0.1, -0.05) is 18.2 Å². The summed E-state index contributed by atoms with van der Waals surface area (Å²) in [6, 6.07) is 11.3. The van der Waals surface area contributed by atoms with Crippen LogP contribution in [0.5, 0.6) is 5.75 Å². The molecule has 0 aliphatic heterocycles. The summed E-state index contributed by atoms with van der Waals surface area (Å²) < 4.78 is 6.59. The summed E-state index contributed by atoms with van der Waals surface area (Å²) in [6.45, 7) is 2.24. The number of carbonyl (C=O) groups excluding carboxylic acids is 1. The van der Waals surface area contributed by atoms with Gasteiger partial charge in [-0.3, -0.25) is 14.0 Å². The SMILES string of the molecule is COc1ccc(C(CNC(=O)c2cnc3ccc(C)cn3c2=O)N(C)C)cc1. The molecule has 2 heterocycles. The molecule has 1 aromatic carbocycles. The van der Waals surface area contributed by atoms with Crippen molar-refractivity contribution in [2.75, 3.05) is 27.7 Å². The maximum Gasteiger partial charge on any atom is 0.270 e. The van der Waals surface area contributed by atoms with Gasteiger partial charge in [0.05, 0.1) is 13.2 Å². The number of nitrogens with one attached hydrogen (secondary N) is 1. The van der Waals surface area contributed by atoms with E-state index in [4.69, 9.17) is 4.74 Å². The van der Waals surface area contributed by atoms with Crippen LogP contribution < -0.4 is 15.6 Å². The molecule has 0 saturated carbocycles. The van der Waals surface area contributed by atoms with Gasteiger partial charge in [0, 0.05) is 18.9 Å². The molecule has 1 unspecified atom stereocenters. The van der Waals surface area contributed by atoms with Crippen LogP contribution in [-0.2, 0) is 0 Å². The van der Waals surface area contributed by atoms with Crippen molar-refractivity contribution in [3.05, 3.63) is 75.8 Å². The molecule has 28 heavy (non-hydrogen) atoms. The van der Waals surface area contributed by atoms with Crippen molar-refractivity contribution < 1.29 is 9.53 Å². The van der Waals surface area contributed by atoms with E-state index in [1.165, 1.54) is 10.6 Å². The second-order valence-electron chi connectivity index (χ2n) is 6.87. The lowest BCUT2D eigenvalue weighted by atomic mass is 10.1. The Labute approximate surface area is 163 Å². The lowest BCUT2D eigenvalue weighted by Crippen LogP contribution is -2.37. The van der Waals surface area contributed by atoms with Crippen molar-refractivity contribution in [3.8, 4) is 5.75 Å². The summed E-state index contributed by atoms with van der Waals surface area (Å²) in [7, 11) is 5.50. The molecule has 3 rings (SSSR count). The van der Waals surface area contributed by atoms with E-state index in [1.54, 1.807) is 19.4 Å². The standard InChI is InChI=1S/C21H24N4O3/c1-14-5-10-19-22-11-17(21(27)25(19)13-14)20(26)23-12-18(24(2)3)15-6-8-16(28-4)9-7-15/h5-11,13,18H,12H2,1-4H3,(H,23,26). The number of methoxy groups -OCH3 is 1. The number of nitrogens with zero attached hydrogens (tertiary/aromatic N) is 3. The first-order valence-electron chi connectivity index (χ1n) is 8.97. The van der Waals surface area contributed by atoms with Gasteiger partial charge in [0.15, 0.2) is 0 Å². The molecule has 0 aliphatic rings. The summed E-state index contributed by atoms with van der Waals surface area (Å²) in [5.41, 5.74) is 2.11. The highest BCUT2D eigenvalue weighted by Gasteiger charge is 2.18. The molecule has 1 N–H and O–H groups in total. The predicted molar refractivity (Wildman–Crippen MR) is 108 cm³/mol. The number of aromatic nitrogens is 2. The second-order valence-corrected chi connectivity index (χ2v) is 6.87. The van der Waals surface area contributed by atoms with Crippen LogP contribution in [0.2, 0.25) is 0 Å². The number of pyridine rings is 1. The quantitative estimate of drug-likeness (QED) is 0.708. The number of aryl methyl sites for hydroxylation is 1. The van der Waals surface area contributed by atoms with Crippen LogP contribution in [0, 0.1) is 6.92 Å². The van der Waals surface area contributed by atoms with Gasteiger partial charge in [0.2, 0.25) is 0 Å². The first kappa shape index (κ1) is 19.6. The largest absolute Gasteiger partial charge is 0.497 e. The van der Waals surface area contributed by atoms with E-state index in [1.807, 2.05) is 56.3 Å². The van der Waals surface area contributed by atoms with Gasteiger partial charge in [0.25, 0.3) is 11.5 Å². The maximum absolute atomic E-state index is 12.7. The minimum atomic E-state index is -0.436. The molecule has 0 aliphatic carbocycles. The Morgan fingerprint density at radius 3 is 2.57 bits per heavy atom. The number of likely N-dealkylation sites (N-methyl/N-ethyl adjacent to an activating group) is 1. The smallest absolute Gasteiger partial charge is 0.270 e. The Balaban J connectivity index is 1.80. The number of amides is 1. The zero-order valence-corrected chi connectivity index (χ0v) is 16.5. The first-order valence-corrected chi connectivity index (χ1v) is 8.97. The van der Waals surface area contributed by atoms with Crippen LogP contribution in [0.3, 0.4) is 0 Å². The number of hydrogen-bond donors (Lipinski definition) is 1. The van der Waals surface area contributed by atoms with Crippen LogP contribution in [-0.4, -0.2) is 47.9 Å². The molecule has 0 spiro atoms. The molecule has 1 atom stereocenters. The monoisotopic (exact) mass is 380 g/mol. The third kappa shape index (κ3) is 4.04. The normalized spacial score (nSPS) is 12.2. The van der Waals surface area contributed by atoms with Gasteiger partial charge in [-0.2, -0.15) is 0 Å². The average molecular weight is 380 g/mol. The maximum atomic E-state index is 12.7. The van der Waals surface area contributed by atoms with Crippen molar-refractivity contribution in [2.24, 2.45) is 0 Å². The zero-order valence-electron chi connectivity index (χ0n) is 16.5. The van der Waals surface area contributed by atoms with Gasteiger partial charge in [-0.05, 0) is 50.3 Å². The van der Waals surface area contributed by atoms with E-state index >= 15 is 0 Å². The fraction of sp³-hybridized carbons (Fsp3) is 0.286. The fourth-order valence-corrected chi connectivity index (χ4v) is 3.05. The van der Waals surface area contributed by atoms with E-state index < -0.39 is 5.91 Å². The molecule has 0 radical (unpaired) electrons. The number of carbonyl (C=O) groups is 1. The van der Waals surface area contributed by atoms with Crippen LogP contribution >= 0.6 is 0 Å². The Hall–Kier alpha value is -3.19. The number of hydrogen-bond acceptors (Lipinski definition) is 5. The van der Waals surface area contributed by atoms with E-state index in [-0.39, 0.29) is 17.2 Å². The summed E-state index contributed by atoms with van der Waals surface area (Å²) in [5.74, 6) is 0.338. The number of fused-ring (bicyclic) bond motifs is 1. The van der Waals surface area contributed by atoms with Crippen molar-refractivity contribution >= 4 is 11.6 Å². The Morgan fingerprint density at radius 1 is 1.21 bits per heavy atom. The number of rotatable bonds is 6. The summed E-state index contributed by atoms with van der Waals surface area (Å²) in [6.07, 6.45) is 3.02. The van der Waals surface area contributed by atoms with E-state index in [2.05, 4.69) is 10.3 Å². The molecule has 0 fully saturated rings. The minimum absolute atomic E-state index is 0.0235. The molecule has 0 saturated heterocycles. The molecule has 3 aromatic rings. The first-order chi connectivity index (χ1) is 13.4. The van der Waals surface area contributed by atoms with Crippen molar-refractivity contribution in [3.63, 3.8) is 0 Å². The Bertz CT molecular complexity index is 1040. The van der Waals surface area contributed by atoms with E-state index in [0.29, 0.717) is 12.2 Å². The summed E-state index contributed by atoms with van der Waals surface area (Å²) >= 11 is 0. The predicted octanol–water partition coefficient (Wildman–Crippen LogP) is 2.04. The van der Waals surface area contributed by atoms with E-state index in [9.17, 15) is 9.59 Å². The third-order valence-corrected chi connectivity index (χ3v) is 4.67. The fourth-order valence-electron chi connectivity index (χ4n) is 3.05. The molecule has 7 heteroatoms. The Morgan fingerprint density at radius 2 is 1.93 bits per heavy atom. The third-order valence-electron chi connectivity index (χ3n) is 4.67. The molecule has 0 bridgehead atoms. The van der Waals surface area contributed by atoms with Crippen LogP contribution in [0.25, 0.3) is 5.65 Å². The van der Waals surface area contributed by atoms with Crippen LogP contribution in [0.15, 0.2) is 53.6 Å². The molecule has 146 valence electrons. The zero-order chi connectivity index (χ0) is 20.3. The van der Waals surface area contributed by atoms with Gasteiger partial charge < -0.3 is 15.0 Å². The summed E-state index contributed by atoms with van der Waals surface area (Å²) in [4.78, 5) is 31.6. The highest BCUT2D eigenvalue weighted by molar-refractivity contribution is 5.93. The second kappa shape index (κ2) is 8.22.